The van der Waals surface area contributed by atoms with E-state index in [9.17, 15) is 0 Å². The molecule has 2 aliphatic heterocycles. The van der Waals surface area contributed by atoms with E-state index in [1.165, 1.54) is 43.6 Å². The molecular weight excluding hydrogens is 296 g/mol. The molecule has 116 valence electrons. The van der Waals surface area contributed by atoms with Crippen molar-refractivity contribution < 1.29 is 0 Å². The lowest BCUT2D eigenvalue weighted by Gasteiger charge is -2.25. The molecule has 0 unspecified atom stereocenters. The van der Waals surface area contributed by atoms with Gasteiger partial charge in [-0.3, -0.25) is 4.90 Å². The van der Waals surface area contributed by atoms with Crippen LogP contribution in [0.3, 0.4) is 0 Å². The van der Waals surface area contributed by atoms with Gasteiger partial charge in [-0.2, -0.15) is 5.10 Å². The number of fused-ring (bicyclic) bond motifs is 1. The zero-order chi connectivity index (χ0) is 14.9. The number of piperidine rings is 1. The summed E-state index contributed by atoms with van der Waals surface area (Å²) in [6.45, 7) is 4.37. The molecule has 3 heterocycles. The van der Waals surface area contributed by atoms with Crippen LogP contribution in [0.5, 0.6) is 0 Å². The van der Waals surface area contributed by atoms with E-state index in [-0.39, 0.29) is 0 Å². The van der Waals surface area contributed by atoms with Crippen LogP contribution in [-0.2, 0) is 13.0 Å². The molecule has 0 amide bonds. The van der Waals surface area contributed by atoms with Gasteiger partial charge >= 0.3 is 0 Å². The number of rotatable bonds is 3. The van der Waals surface area contributed by atoms with Crippen LogP contribution in [0, 0.1) is 0 Å². The van der Waals surface area contributed by atoms with E-state index in [1.54, 1.807) is 0 Å². The van der Waals surface area contributed by atoms with E-state index in [2.05, 4.69) is 16.3 Å². The van der Waals surface area contributed by atoms with Crippen molar-refractivity contribution in [3.63, 3.8) is 0 Å². The molecule has 2 aliphatic rings. The van der Waals surface area contributed by atoms with Crippen LogP contribution < -0.4 is 5.32 Å². The Kier molecular flexibility index (Phi) is 3.80. The number of nitrogens with one attached hydrogen (secondary N) is 1. The van der Waals surface area contributed by atoms with Gasteiger partial charge in [0, 0.05) is 23.7 Å². The molecular formula is C17H21ClN4. The molecule has 1 saturated heterocycles. The largest absolute Gasteiger partial charge is 0.369 e. The fraction of sp³-hybridized carbons (Fsp3) is 0.471. The van der Waals surface area contributed by atoms with Crippen LogP contribution in [0.4, 0.5) is 5.82 Å². The third-order valence-corrected chi connectivity index (χ3v) is 4.84. The predicted molar refractivity (Wildman–Crippen MR) is 89.9 cm³/mol. The highest BCUT2D eigenvalue weighted by molar-refractivity contribution is 6.30. The van der Waals surface area contributed by atoms with Gasteiger partial charge in [0.2, 0.25) is 0 Å². The molecule has 5 heteroatoms. The third kappa shape index (κ3) is 2.61. The minimum absolute atomic E-state index is 0.748. The highest BCUT2D eigenvalue weighted by atomic mass is 35.5. The Balaban J connectivity index is 1.67. The molecule has 22 heavy (non-hydrogen) atoms. The van der Waals surface area contributed by atoms with E-state index < -0.39 is 0 Å². The zero-order valence-electron chi connectivity index (χ0n) is 12.7. The average Bonchev–Trinajstić information content (AvgIpc) is 3.12. The van der Waals surface area contributed by atoms with Crippen molar-refractivity contribution in [2.45, 2.75) is 32.2 Å². The molecule has 0 bridgehead atoms. The first-order valence-electron chi connectivity index (χ1n) is 8.14. The SMILES string of the molecule is Clc1cccc(-n2nc(CN3CCCCC3)c3c2NCC3)c1. The molecule has 0 radical (unpaired) electrons. The second-order valence-electron chi connectivity index (χ2n) is 6.18. The molecule has 0 spiro atoms. The van der Waals surface area contributed by atoms with E-state index in [0.29, 0.717) is 0 Å². The van der Waals surface area contributed by atoms with Gasteiger partial charge < -0.3 is 5.32 Å². The molecule has 0 saturated carbocycles. The number of hydrogen-bond acceptors (Lipinski definition) is 3. The number of hydrogen-bond donors (Lipinski definition) is 1. The average molecular weight is 317 g/mol. The Morgan fingerprint density at radius 2 is 2.05 bits per heavy atom. The van der Waals surface area contributed by atoms with Crippen molar-refractivity contribution in [3.05, 3.63) is 40.5 Å². The maximum atomic E-state index is 6.14. The van der Waals surface area contributed by atoms with Gasteiger partial charge in [0.15, 0.2) is 0 Å². The van der Waals surface area contributed by atoms with Gasteiger partial charge in [-0.1, -0.05) is 24.1 Å². The third-order valence-electron chi connectivity index (χ3n) is 4.61. The topological polar surface area (TPSA) is 33.1 Å². The number of likely N-dealkylation sites (tertiary alicyclic amines) is 1. The molecule has 4 nitrogen and oxygen atoms in total. The summed E-state index contributed by atoms with van der Waals surface area (Å²) in [5.74, 6) is 1.15. The van der Waals surface area contributed by atoms with Crippen molar-refractivity contribution in [2.24, 2.45) is 0 Å². The van der Waals surface area contributed by atoms with Gasteiger partial charge in [0.1, 0.15) is 5.82 Å². The molecule has 1 N–H and O–H groups in total. The highest BCUT2D eigenvalue weighted by Crippen LogP contribution is 2.30. The molecule has 0 atom stereocenters. The highest BCUT2D eigenvalue weighted by Gasteiger charge is 2.24. The number of nitrogens with zero attached hydrogens (tertiary/aromatic N) is 3. The maximum Gasteiger partial charge on any atom is 0.133 e. The first-order valence-corrected chi connectivity index (χ1v) is 8.52. The van der Waals surface area contributed by atoms with Crippen molar-refractivity contribution in [1.29, 1.82) is 0 Å². The Morgan fingerprint density at radius 3 is 2.86 bits per heavy atom. The summed E-state index contributed by atoms with van der Waals surface area (Å²) in [5, 5.41) is 9.12. The second-order valence-corrected chi connectivity index (χ2v) is 6.62. The number of aromatic nitrogens is 2. The van der Waals surface area contributed by atoms with Gasteiger partial charge in [0.05, 0.1) is 11.4 Å². The van der Waals surface area contributed by atoms with Crippen LogP contribution in [0.2, 0.25) is 5.02 Å². The molecule has 1 aromatic carbocycles. The number of anilines is 1. The van der Waals surface area contributed by atoms with E-state index >= 15 is 0 Å². The van der Waals surface area contributed by atoms with E-state index in [1.807, 2.05) is 22.9 Å². The fourth-order valence-corrected chi connectivity index (χ4v) is 3.68. The summed E-state index contributed by atoms with van der Waals surface area (Å²) >= 11 is 6.14. The van der Waals surface area contributed by atoms with E-state index in [4.69, 9.17) is 16.7 Å². The summed E-state index contributed by atoms with van der Waals surface area (Å²) in [6, 6.07) is 7.91. The lowest BCUT2D eigenvalue weighted by atomic mass is 10.1. The maximum absolute atomic E-state index is 6.14. The summed E-state index contributed by atoms with van der Waals surface area (Å²) in [4.78, 5) is 2.53. The second kappa shape index (κ2) is 5.94. The first-order chi connectivity index (χ1) is 10.8. The van der Waals surface area contributed by atoms with Crippen molar-refractivity contribution in [3.8, 4) is 5.69 Å². The monoisotopic (exact) mass is 316 g/mol. The molecule has 0 aliphatic carbocycles. The summed E-state index contributed by atoms with van der Waals surface area (Å²) in [5.41, 5.74) is 3.63. The summed E-state index contributed by atoms with van der Waals surface area (Å²) in [7, 11) is 0. The molecule has 1 fully saturated rings. The predicted octanol–water partition coefficient (Wildman–Crippen LogP) is 3.48. The Labute approximate surface area is 136 Å². The van der Waals surface area contributed by atoms with Gasteiger partial charge in [0.25, 0.3) is 0 Å². The normalized spacial score (nSPS) is 18.2. The fourth-order valence-electron chi connectivity index (χ4n) is 3.50. The molecule has 4 rings (SSSR count). The van der Waals surface area contributed by atoms with Crippen LogP contribution in [-0.4, -0.2) is 34.3 Å². The smallest absolute Gasteiger partial charge is 0.133 e. The van der Waals surface area contributed by atoms with Crippen molar-refractivity contribution in [1.82, 2.24) is 14.7 Å². The van der Waals surface area contributed by atoms with Crippen LogP contribution >= 0.6 is 11.6 Å². The lowest BCUT2D eigenvalue weighted by molar-refractivity contribution is 0.217. The van der Waals surface area contributed by atoms with Gasteiger partial charge in [-0.15, -0.1) is 0 Å². The summed E-state index contributed by atoms with van der Waals surface area (Å²) in [6.07, 6.45) is 5.07. The van der Waals surface area contributed by atoms with Gasteiger partial charge in [-0.25, -0.2) is 4.68 Å². The lowest BCUT2D eigenvalue weighted by Crippen LogP contribution is -2.29. The quantitative estimate of drug-likeness (QED) is 0.941. The molecule has 1 aromatic heterocycles. The summed E-state index contributed by atoms with van der Waals surface area (Å²) < 4.78 is 2.02. The Hall–Kier alpha value is -1.52. The van der Waals surface area contributed by atoms with Crippen LogP contribution in [0.1, 0.15) is 30.5 Å². The van der Waals surface area contributed by atoms with Crippen LogP contribution in [0.15, 0.2) is 24.3 Å². The minimum Gasteiger partial charge on any atom is -0.369 e. The zero-order valence-corrected chi connectivity index (χ0v) is 13.4. The number of halogens is 1. The molecule has 2 aromatic rings. The Bertz CT molecular complexity index is 673. The standard InChI is InChI=1S/C17H21ClN4/c18-13-5-4-6-14(11-13)22-17-15(7-8-19-17)16(20-22)12-21-9-2-1-3-10-21/h4-6,11,19H,1-3,7-10,12H2. The minimum atomic E-state index is 0.748. The van der Waals surface area contributed by atoms with Crippen molar-refractivity contribution >= 4 is 17.4 Å². The van der Waals surface area contributed by atoms with Crippen LogP contribution in [0.25, 0.3) is 5.69 Å². The Morgan fingerprint density at radius 1 is 1.18 bits per heavy atom. The van der Waals surface area contributed by atoms with Crippen molar-refractivity contribution in [2.75, 3.05) is 25.0 Å². The van der Waals surface area contributed by atoms with E-state index in [0.717, 1.165) is 36.0 Å². The van der Waals surface area contributed by atoms with Gasteiger partial charge in [-0.05, 0) is 50.6 Å². The number of benzene rings is 1. The first kappa shape index (κ1) is 14.1.